The molecule has 2 amide bonds. The number of carbonyl (C=O) groups is 1. The molecule has 204 valence electrons. The zero-order chi connectivity index (χ0) is 27.3. The van der Waals surface area contributed by atoms with Gasteiger partial charge < -0.3 is 24.8 Å². The monoisotopic (exact) mass is 537 g/mol. The Morgan fingerprint density at radius 2 is 1.92 bits per heavy atom. The van der Waals surface area contributed by atoms with Crippen LogP contribution in [0.15, 0.2) is 48.5 Å². The van der Waals surface area contributed by atoms with E-state index in [1.165, 1.54) is 30.0 Å². The molecule has 0 aliphatic carbocycles. The number of hydrogen-bond acceptors (Lipinski definition) is 6. The van der Waals surface area contributed by atoms with Crippen LogP contribution >= 0.6 is 0 Å². The van der Waals surface area contributed by atoms with Gasteiger partial charge in [0, 0.05) is 32.3 Å². The predicted octanol–water partition coefficient (Wildman–Crippen LogP) is 4.24. The van der Waals surface area contributed by atoms with Crippen LogP contribution < -0.4 is 25.4 Å². The third-order valence-corrected chi connectivity index (χ3v) is 5.76. The van der Waals surface area contributed by atoms with Gasteiger partial charge in [-0.25, -0.2) is 13.9 Å². The quantitative estimate of drug-likeness (QED) is 0.335. The van der Waals surface area contributed by atoms with Crippen LogP contribution in [0, 0.1) is 6.92 Å². The number of aromatic nitrogens is 2. The molecule has 1 saturated heterocycles. The Balaban J connectivity index is 1.52. The Morgan fingerprint density at radius 3 is 2.55 bits per heavy atom. The number of nitrogens with one attached hydrogen (secondary N) is 3. The van der Waals surface area contributed by atoms with Crippen LogP contribution in [0.4, 0.5) is 28.2 Å². The van der Waals surface area contributed by atoms with Gasteiger partial charge in [0.25, 0.3) is 0 Å². The van der Waals surface area contributed by atoms with Crippen molar-refractivity contribution in [2.75, 3.05) is 32.1 Å². The van der Waals surface area contributed by atoms with Crippen LogP contribution in [0.25, 0.3) is 5.69 Å². The molecule has 3 N–H and O–H groups in total. The maximum absolute atomic E-state index is 14.4. The summed E-state index contributed by atoms with van der Waals surface area (Å²) < 4.78 is 69.3. The summed E-state index contributed by atoms with van der Waals surface area (Å²) in [5, 5.41) is 12.5. The van der Waals surface area contributed by atoms with E-state index >= 15 is 0 Å². The number of halogens is 4. The molecular weight excluding hydrogens is 510 g/mol. The number of hydrogen-bond donors (Lipinski definition) is 3. The summed E-state index contributed by atoms with van der Waals surface area (Å²) in [7, 11) is 1.46. The first kappa shape index (κ1) is 27.2. The topological polar surface area (TPSA) is 98.7 Å². The molecule has 0 saturated carbocycles. The summed E-state index contributed by atoms with van der Waals surface area (Å²) in [5.41, 5.74) is 0.261. The standard InChI is InChI=1S/C25H27F4N5O4/c1-16-21(34(19-6-4-3-5-7-19)33-22(16)37-15-24(26)13-30-14-24)32-23(35)31-11-18-10-17(12-36-2)8-9-20(18)38-25(27,28)29/h3-10,30H,11-15H2,1-2H3,(H2,31,32,35). The smallest absolute Gasteiger partial charge is 0.473 e. The molecule has 13 heteroatoms. The Hall–Kier alpha value is -3.84. The highest BCUT2D eigenvalue weighted by Crippen LogP contribution is 2.30. The number of benzene rings is 2. The van der Waals surface area contributed by atoms with E-state index in [9.17, 15) is 22.4 Å². The highest BCUT2D eigenvalue weighted by molar-refractivity contribution is 5.89. The molecule has 0 atom stereocenters. The number of carbonyl (C=O) groups excluding carboxylic acids is 1. The summed E-state index contributed by atoms with van der Waals surface area (Å²) in [6.07, 6.45) is -4.90. The Bertz CT molecular complexity index is 1260. The number of alkyl halides is 4. The number of anilines is 1. The fourth-order valence-corrected chi connectivity index (χ4v) is 3.79. The zero-order valence-electron chi connectivity index (χ0n) is 20.7. The number of amides is 2. The van der Waals surface area contributed by atoms with Gasteiger partial charge in [-0.1, -0.05) is 24.3 Å². The lowest BCUT2D eigenvalue weighted by molar-refractivity contribution is -0.274. The fraction of sp³-hybridized carbons (Fsp3) is 0.360. The number of nitrogens with zero attached hydrogens (tertiary/aromatic N) is 2. The van der Waals surface area contributed by atoms with Gasteiger partial charge in [-0.2, -0.15) is 0 Å². The van der Waals surface area contributed by atoms with Gasteiger partial charge >= 0.3 is 12.4 Å². The molecule has 2 aromatic carbocycles. The predicted molar refractivity (Wildman–Crippen MR) is 130 cm³/mol. The molecule has 1 aromatic heterocycles. The average molecular weight is 538 g/mol. The van der Waals surface area contributed by atoms with E-state index in [-0.39, 0.29) is 50.1 Å². The normalized spacial score (nSPS) is 14.5. The largest absolute Gasteiger partial charge is 0.573 e. The molecular formula is C25H27F4N5O4. The zero-order valence-corrected chi connectivity index (χ0v) is 20.7. The van der Waals surface area contributed by atoms with Crippen LogP contribution in [0.5, 0.6) is 11.6 Å². The fourth-order valence-electron chi connectivity index (χ4n) is 3.79. The molecule has 1 fully saturated rings. The second-order valence-electron chi connectivity index (χ2n) is 8.80. The first-order valence-corrected chi connectivity index (χ1v) is 11.7. The van der Waals surface area contributed by atoms with Gasteiger partial charge in [-0.15, -0.1) is 18.3 Å². The van der Waals surface area contributed by atoms with Crippen molar-refractivity contribution in [3.8, 4) is 17.3 Å². The average Bonchev–Trinajstić information content (AvgIpc) is 3.16. The Morgan fingerprint density at radius 1 is 1.18 bits per heavy atom. The van der Waals surface area contributed by atoms with Crippen molar-refractivity contribution < 1.29 is 36.6 Å². The van der Waals surface area contributed by atoms with E-state index in [1.54, 1.807) is 31.2 Å². The molecule has 0 unspecified atom stereocenters. The van der Waals surface area contributed by atoms with Crippen molar-refractivity contribution in [3.63, 3.8) is 0 Å². The van der Waals surface area contributed by atoms with Gasteiger partial charge in [0.2, 0.25) is 5.88 Å². The van der Waals surface area contributed by atoms with Crippen molar-refractivity contribution in [1.29, 1.82) is 0 Å². The summed E-state index contributed by atoms with van der Waals surface area (Å²) in [5.74, 6) is -0.0473. The van der Waals surface area contributed by atoms with Crippen LogP contribution in [0.3, 0.4) is 0 Å². The van der Waals surface area contributed by atoms with Crippen LogP contribution in [-0.4, -0.2) is 54.6 Å². The first-order chi connectivity index (χ1) is 18.1. The van der Waals surface area contributed by atoms with Gasteiger partial charge in [-0.05, 0) is 36.8 Å². The minimum atomic E-state index is -4.90. The summed E-state index contributed by atoms with van der Waals surface area (Å²) in [4.78, 5) is 12.9. The lowest BCUT2D eigenvalue weighted by Gasteiger charge is -2.34. The molecule has 9 nitrogen and oxygen atoms in total. The number of ether oxygens (including phenoxy) is 3. The SMILES string of the molecule is COCc1ccc(OC(F)(F)F)c(CNC(=O)Nc2c(C)c(OCC3(F)CNC3)nn2-c2ccccc2)c1. The third-order valence-electron chi connectivity index (χ3n) is 5.76. The maximum Gasteiger partial charge on any atom is 0.573 e. The molecule has 38 heavy (non-hydrogen) atoms. The van der Waals surface area contributed by atoms with Crippen molar-refractivity contribution in [3.05, 3.63) is 65.2 Å². The molecule has 4 rings (SSSR count). The number of para-hydroxylation sites is 1. The van der Waals surface area contributed by atoms with Crippen molar-refractivity contribution >= 4 is 11.8 Å². The number of urea groups is 1. The molecule has 3 aromatic rings. The second kappa shape index (κ2) is 11.3. The van der Waals surface area contributed by atoms with E-state index in [0.717, 1.165) is 0 Å². The van der Waals surface area contributed by atoms with E-state index in [1.807, 2.05) is 6.07 Å². The Labute approximate surface area is 216 Å². The molecule has 0 bridgehead atoms. The van der Waals surface area contributed by atoms with Crippen molar-refractivity contribution in [2.45, 2.75) is 32.1 Å². The van der Waals surface area contributed by atoms with E-state index in [0.29, 0.717) is 16.8 Å². The molecule has 0 spiro atoms. The molecule has 1 aliphatic rings. The molecule has 0 radical (unpaired) electrons. The first-order valence-electron chi connectivity index (χ1n) is 11.7. The number of rotatable bonds is 10. The van der Waals surface area contributed by atoms with E-state index in [4.69, 9.17) is 9.47 Å². The van der Waals surface area contributed by atoms with Crippen LogP contribution in [-0.2, 0) is 17.9 Å². The second-order valence-corrected chi connectivity index (χ2v) is 8.80. The summed E-state index contributed by atoms with van der Waals surface area (Å²) in [6.45, 7) is 1.69. The van der Waals surface area contributed by atoms with E-state index < -0.39 is 23.8 Å². The van der Waals surface area contributed by atoms with Crippen LogP contribution in [0.2, 0.25) is 0 Å². The minimum Gasteiger partial charge on any atom is -0.473 e. The summed E-state index contributed by atoms with van der Waals surface area (Å²) in [6, 6.07) is 12.2. The van der Waals surface area contributed by atoms with Crippen molar-refractivity contribution in [1.82, 2.24) is 20.4 Å². The van der Waals surface area contributed by atoms with Crippen molar-refractivity contribution in [2.24, 2.45) is 0 Å². The van der Waals surface area contributed by atoms with E-state index in [2.05, 4.69) is 25.8 Å². The molecule has 1 aliphatic heterocycles. The minimum absolute atomic E-state index is 0.103. The van der Waals surface area contributed by atoms with Gasteiger partial charge in [0.1, 0.15) is 18.2 Å². The maximum atomic E-state index is 14.4. The van der Waals surface area contributed by atoms with Crippen LogP contribution in [0.1, 0.15) is 16.7 Å². The Kier molecular flexibility index (Phi) is 8.07. The number of methoxy groups -OCH3 is 1. The third kappa shape index (κ3) is 6.72. The summed E-state index contributed by atoms with van der Waals surface area (Å²) >= 11 is 0. The lowest BCUT2D eigenvalue weighted by atomic mass is 10.0. The van der Waals surface area contributed by atoms with Gasteiger partial charge in [-0.3, -0.25) is 5.32 Å². The van der Waals surface area contributed by atoms with Gasteiger partial charge in [0.15, 0.2) is 5.67 Å². The highest BCUT2D eigenvalue weighted by atomic mass is 19.4. The molecule has 2 heterocycles. The highest BCUT2D eigenvalue weighted by Gasteiger charge is 2.38. The van der Waals surface area contributed by atoms with Gasteiger partial charge in [0.05, 0.1) is 17.9 Å². The lowest BCUT2D eigenvalue weighted by Crippen LogP contribution is -2.59.